The number of unbranched alkanes of at least 4 members (excludes halogenated alkanes) is 1. The smallest absolute Gasteiger partial charge is 0.404 e. The highest BCUT2D eigenvalue weighted by Gasteiger charge is 2.21. The molecule has 1 heterocycles. The van der Waals surface area contributed by atoms with E-state index in [4.69, 9.17) is 4.52 Å². The molecule has 138 valence electrons. The molecule has 0 radical (unpaired) electrons. The number of hydrogen-bond acceptors (Lipinski definition) is 3. The highest BCUT2D eigenvalue weighted by Crippen LogP contribution is 2.42. The monoisotopic (exact) mass is 366 g/mol. The van der Waals surface area contributed by atoms with Gasteiger partial charge in [-0.25, -0.2) is 4.57 Å². The molecule has 0 unspecified atom stereocenters. The van der Waals surface area contributed by atoms with E-state index >= 15 is 0 Å². The number of rotatable bonds is 10. The Balaban J connectivity index is 2.28. The van der Waals surface area contributed by atoms with Gasteiger partial charge < -0.3 is 9.51 Å². The van der Waals surface area contributed by atoms with Gasteiger partial charge in [-0.15, -0.1) is 6.58 Å². The van der Waals surface area contributed by atoms with Gasteiger partial charge in [0.15, 0.2) is 0 Å². The molecule has 0 bridgehead atoms. The molecule has 7 heteroatoms. The van der Waals surface area contributed by atoms with E-state index in [1.165, 1.54) is 0 Å². The van der Waals surface area contributed by atoms with Gasteiger partial charge in [-0.1, -0.05) is 25.5 Å². The number of aryl methyl sites for hydroxylation is 1. The molecule has 0 aliphatic rings. The van der Waals surface area contributed by atoms with Gasteiger partial charge in [-0.05, 0) is 44.0 Å². The molecule has 0 aliphatic carbocycles. The number of hydrogen-bond donors (Lipinski definition) is 3. The van der Waals surface area contributed by atoms with Crippen molar-refractivity contribution in [1.82, 2.24) is 9.88 Å². The van der Waals surface area contributed by atoms with Gasteiger partial charge in [0.05, 0.1) is 0 Å². The molecule has 6 nitrogen and oxygen atoms in total. The SMILES string of the molecule is C=CCN(CCCC)CCc1c(C)[nH]c2cccc(OP(=O)(O)O)c12. The van der Waals surface area contributed by atoms with Crippen molar-refractivity contribution < 1.29 is 18.9 Å². The van der Waals surface area contributed by atoms with Gasteiger partial charge in [-0.3, -0.25) is 14.7 Å². The number of nitrogens with zero attached hydrogens (tertiary/aromatic N) is 1. The molecule has 25 heavy (non-hydrogen) atoms. The van der Waals surface area contributed by atoms with Crippen LogP contribution in [0.1, 0.15) is 31.0 Å². The molecule has 1 aromatic heterocycles. The van der Waals surface area contributed by atoms with Crippen LogP contribution in [-0.2, 0) is 11.0 Å². The van der Waals surface area contributed by atoms with E-state index in [2.05, 4.69) is 23.4 Å². The molecular weight excluding hydrogens is 339 g/mol. The Hall–Kier alpha value is -1.59. The quantitative estimate of drug-likeness (QED) is 0.440. The maximum atomic E-state index is 11.3. The van der Waals surface area contributed by atoms with Crippen LogP contribution in [0.5, 0.6) is 5.75 Å². The minimum absolute atomic E-state index is 0.217. The van der Waals surface area contributed by atoms with Gasteiger partial charge in [-0.2, -0.15) is 0 Å². The van der Waals surface area contributed by atoms with E-state index in [-0.39, 0.29) is 5.75 Å². The maximum Gasteiger partial charge on any atom is 0.524 e. The summed E-state index contributed by atoms with van der Waals surface area (Å²) in [6, 6.07) is 5.20. The normalized spacial score (nSPS) is 12.0. The maximum absolute atomic E-state index is 11.3. The highest BCUT2D eigenvalue weighted by molar-refractivity contribution is 7.46. The minimum Gasteiger partial charge on any atom is -0.404 e. The van der Waals surface area contributed by atoms with Crippen molar-refractivity contribution in [1.29, 1.82) is 0 Å². The zero-order valence-corrected chi connectivity index (χ0v) is 15.8. The molecule has 0 fully saturated rings. The van der Waals surface area contributed by atoms with Crippen molar-refractivity contribution in [2.24, 2.45) is 0 Å². The molecule has 0 spiro atoms. The Kier molecular flexibility index (Phi) is 6.85. The van der Waals surface area contributed by atoms with Crippen LogP contribution in [0.25, 0.3) is 10.9 Å². The largest absolute Gasteiger partial charge is 0.524 e. The fourth-order valence-electron chi connectivity index (χ4n) is 3.06. The van der Waals surface area contributed by atoms with Crippen LogP contribution in [-0.4, -0.2) is 39.3 Å². The summed E-state index contributed by atoms with van der Waals surface area (Å²) >= 11 is 0. The van der Waals surface area contributed by atoms with Crippen LogP contribution in [0.2, 0.25) is 0 Å². The lowest BCUT2D eigenvalue weighted by molar-refractivity contribution is 0.284. The number of H-pyrrole nitrogens is 1. The Bertz CT molecular complexity index is 766. The third kappa shape index (κ3) is 5.44. The minimum atomic E-state index is -4.60. The topological polar surface area (TPSA) is 85.8 Å². The van der Waals surface area contributed by atoms with Crippen molar-refractivity contribution in [3.05, 3.63) is 42.1 Å². The summed E-state index contributed by atoms with van der Waals surface area (Å²) in [5.41, 5.74) is 2.85. The fraction of sp³-hybridized carbons (Fsp3) is 0.444. The summed E-state index contributed by atoms with van der Waals surface area (Å²) in [5, 5.41) is 0.748. The number of phosphoric acid groups is 1. The van der Waals surface area contributed by atoms with Crippen LogP contribution >= 0.6 is 7.82 Å². The van der Waals surface area contributed by atoms with Gasteiger partial charge >= 0.3 is 7.82 Å². The number of benzene rings is 1. The molecule has 2 aromatic rings. The molecule has 0 saturated carbocycles. The Morgan fingerprint density at radius 1 is 1.36 bits per heavy atom. The molecule has 0 amide bonds. The first-order valence-corrected chi connectivity index (χ1v) is 10.1. The molecule has 0 atom stereocenters. The van der Waals surface area contributed by atoms with Gasteiger partial charge in [0.2, 0.25) is 0 Å². The van der Waals surface area contributed by atoms with Crippen molar-refractivity contribution >= 4 is 18.7 Å². The Morgan fingerprint density at radius 2 is 2.12 bits per heavy atom. The number of phosphoric ester groups is 1. The predicted molar refractivity (Wildman–Crippen MR) is 101 cm³/mol. The second-order valence-corrected chi connectivity index (χ2v) is 7.35. The summed E-state index contributed by atoms with van der Waals surface area (Å²) < 4.78 is 16.2. The third-order valence-electron chi connectivity index (χ3n) is 4.21. The van der Waals surface area contributed by atoms with Crippen LogP contribution in [0.15, 0.2) is 30.9 Å². The van der Waals surface area contributed by atoms with Crippen LogP contribution in [0, 0.1) is 6.92 Å². The van der Waals surface area contributed by atoms with Gasteiger partial charge in [0, 0.05) is 29.7 Å². The number of aromatic nitrogens is 1. The summed E-state index contributed by atoms with van der Waals surface area (Å²) in [5.74, 6) is 0.217. The second kappa shape index (κ2) is 8.68. The zero-order valence-electron chi connectivity index (χ0n) is 14.9. The van der Waals surface area contributed by atoms with E-state index in [1.54, 1.807) is 12.1 Å². The van der Waals surface area contributed by atoms with E-state index in [1.807, 2.05) is 19.1 Å². The Morgan fingerprint density at radius 3 is 2.76 bits per heavy atom. The van der Waals surface area contributed by atoms with Crippen molar-refractivity contribution in [3.63, 3.8) is 0 Å². The molecule has 0 aliphatic heterocycles. The average Bonchev–Trinajstić information content (AvgIpc) is 2.85. The lowest BCUT2D eigenvalue weighted by atomic mass is 10.1. The standard InChI is InChI=1S/C18H27N2O4P/c1-4-6-12-20(11-5-2)13-10-15-14(3)19-16-8-7-9-17(18(15)16)24-25(21,22)23/h5,7-9,19H,2,4,6,10-13H2,1,3H3,(H2,21,22,23). The molecule has 3 N–H and O–H groups in total. The predicted octanol–water partition coefficient (Wildman–Crippen LogP) is 3.78. The van der Waals surface area contributed by atoms with E-state index in [0.717, 1.165) is 61.1 Å². The summed E-state index contributed by atoms with van der Waals surface area (Å²) in [7, 11) is -4.60. The first-order valence-electron chi connectivity index (χ1n) is 8.54. The van der Waals surface area contributed by atoms with E-state index in [0.29, 0.717) is 0 Å². The van der Waals surface area contributed by atoms with Crippen molar-refractivity contribution in [2.45, 2.75) is 33.1 Å². The van der Waals surface area contributed by atoms with E-state index < -0.39 is 7.82 Å². The first-order chi connectivity index (χ1) is 11.9. The summed E-state index contributed by atoms with van der Waals surface area (Å²) in [4.78, 5) is 24.0. The van der Waals surface area contributed by atoms with Gasteiger partial charge in [0.1, 0.15) is 5.75 Å². The molecule has 1 aromatic carbocycles. The number of fused-ring (bicyclic) bond motifs is 1. The lowest BCUT2D eigenvalue weighted by Gasteiger charge is -2.20. The first kappa shape index (κ1) is 19.7. The van der Waals surface area contributed by atoms with E-state index in [9.17, 15) is 14.4 Å². The van der Waals surface area contributed by atoms with Gasteiger partial charge in [0.25, 0.3) is 0 Å². The second-order valence-electron chi connectivity index (χ2n) is 6.18. The summed E-state index contributed by atoms with van der Waals surface area (Å²) in [6.45, 7) is 10.6. The fourth-order valence-corrected chi connectivity index (χ4v) is 3.47. The molecule has 0 saturated heterocycles. The lowest BCUT2D eigenvalue weighted by Crippen LogP contribution is -2.27. The summed E-state index contributed by atoms with van der Waals surface area (Å²) in [6.07, 6.45) is 4.94. The zero-order chi connectivity index (χ0) is 18.4. The third-order valence-corrected chi connectivity index (χ3v) is 4.65. The number of aromatic amines is 1. The average molecular weight is 366 g/mol. The number of nitrogens with one attached hydrogen (secondary N) is 1. The van der Waals surface area contributed by atoms with Crippen LogP contribution in [0.4, 0.5) is 0 Å². The Labute approximate surface area is 148 Å². The molecular formula is C18H27N2O4P. The highest BCUT2D eigenvalue weighted by atomic mass is 31.2. The van der Waals surface area contributed by atoms with Crippen molar-refractivity contribution in [2.75, 3.05) is 19.6 Å². The van der Waals surface area contributed by atoms with Crippen molar-refractivity contribution in [3.8, 4) is 5.75 Å². The molecule has 2 rings (SSSR count). The van der Waals surface area contributed by atoms with Crippen LogP contribution < -0.4 is 4.52 Å². The van der Waals surface area contributed by atoms with Crippen LogP contribution in [0.3, 0.4) is 0 Å².